The smallest absolute Gasteiger partial charge is 0.279 e. The van der Waals surface area contributed by atoms with Gasteiger partial charge in [0.25, 0.3) is 10.2 Å². The Kier molecular flexibility index (Phi) is 3.05. The topological polar surface area (TPSA) is 69.6 Å². The third-order valence-corrected chi connectivity index (χ3v) is 3.46. The molecular weight excluding hydrogens is 180 g/mol. The van der Waals surface area contributed by atoms with E-state index < -0.39 is 16.3 Å². The van der Waals surface area contributed by atoms with Crippen LogP contribution in [0.15, 0.2) is 0 Å². The molecule has 0 aromatic heterocycles. The van der Waals surface area contributed by atoms with Crippen LogP contribution in [0.3, 0.4) is 0 Å². The molecule has 5 nitrogen and oxygen atoms in total. The molecule has 0 aliphatic carbocycles. The number of hydrogen-bond donors (Lipinski definition) is 2. The Bertz CT molecular complexity index is 239. The maximum atomic E-state index is 11.3. The average molecular weight is 194 g/mol. The van der Waals surface area contributed by atoms with Crippen molar-refractivity contribution in [3.63, 3.8) is 0 Å². The fourth-order valence-corrected chi connectivity index (χ4v) is 2.46. The number of aliphatic hydroxyl groups is 1. The van der Waals surface area contributed by atoms with E-state index in [2.05, 4.69) is 4.72 Å². The Balaban J connectivity index is 2.58. The van der Waals surface area contributed by atoms with Crippen LogP contribution in [0.5, 0.6) is 0 Å². The van der Waals surface area contributed by atoms with Crippen molar-refractivity contribution < 1.29 is 13.5 Å². The second-order valence-corrected chi connectivity index (χ2v) is 4.56. The second kappa shape index (κ2) is 3.69. The van der Waals surface area contributed by atoms with Crippen LogP contribution in [0.2, 0.25) is 0 Å². The Morgan fingerprint density at radius 1 is 1.67 bits per heavy atom. The van der Waals surface area contributed by atoms with E-state index in [4.69, 9.17) is 5.11 Å². The Morgan fingerprint density at radius 3 is 2.75 bits per heavy atom. The van der Waals surface area contributed by atoms with Crippen LogP contribution in [0.25, 0.3) is 0 Å². The standard InChI is InChI=1S/C6H14N2O3S/c1-2-7-12(10,11)8-4-3-6(9)5-8/h6-7,9H,2-5H2,1H3. The van der Waals surface area contributed by atoms with Gasteiger partial charge in [-0.15, -0.1) is 0 Å². The zero-order valence-electron chi connectivity index (χ0n) is 7.02. The number of hydrogen-bond acceptors (Lipinski definition) is 3. The highest BCUT2D eigenvalue weighted by atomic mass is 32.2. The second-order valence-electron chi connectivity index (χ2n) is 2.80. The summed E-state index contributed by atoms with van der Waals surface area (Å²) in [7, 11) is -3.32. The summed E-state index contributed by atoms with van der Waals surface area (Å²) in [6.07, 6.45) is 0.0309. The number of aliphatic hydroxyl groups excluding tert-OH is 1. The van der Waals surface area contributed by atoms with Crippen LogP contribution in [0.4, 0.5) is 0 Å². The van der Waals surface area contributed by atoms with Gasteiger partial charge in [0.2, 0.25) is 0 Å². The first-order chi connectivity index (χ1) is 5.56. The molecule has 0 aromatic carbocycles. The van der Waals surface area contributed by atoms with Crippen molar-refractivity contribution in [1.82, 2.24) is 9.03 Å². The minimum absolute atomic E-state index is 0.218. The number of nitrogens with zero attached hydrogens (tertiary/aromatic N) is 1. The zero-order valence-corrected chi connectivity index (χ0v) is 7.84. The minimum atomic E-state index is -3.32. The van der Waals surface area contributed by atoms with Gasteiger partial charge in [-0.1, -0.05) is 6.92 Å². The van der Waals surface area contributed by atoms with E-state index in [1.165, 1.54) is 4.31 Å². The van der Waals surface area contributed by atoms with Gasteiger partial charge in [-0.3, -0.25) is 0 Å². The van der Waals surface area contributed by atoms with Gasteiger partial charge < -0.3 is 5.11 Å². The fraction of sp³-hybridized carbons (Fsp3) is 1.00. The predicted octanol–water partition coefficient (Wildman–Crippen LogP) is -1.09. The maximum Gasteiger partial charge on any atom is 0.279 e. The predicted molar refractivity (Wildman–Crippen MR) is 44.8 cm³/mol. The van der Waals surface area contributed by atoms with Gasteiger partial charge in [0.05, 0.1) is 6.10 Å². The van der Waals surface area contributed by atoms with Gasteiger partial charge in [-0.2, -0.15) is 12.7 Å². The normalized spacial score (nSPS) is 26.3. The molecule has 0 spiro atoms. The number of β-amino-alcohol motifs (C(OH)–C–C–N with tert-alkyl or cyclic N) is 1. The Hall–Kier alpha value is -0.170. The molecule has 12 heavy (non-hydrogen) atoms. The molecule has 1 rings (SSSR count). The van der Waals surface area contributed by atoms with Crippen molar-refractivity contribution in [1.29, 1.82) is 0 Å². The largest absolute Gasteiger partial charge is 0.392 e. The van der Waals surface area contributed by atoms with Crippen molar-refractivity contribution >= 4 is 10.2 Å². The lowest BCUT2D eigenvalue weighted by Crippen LogP contribution is -2.39. The minimum Gasteiger partial charge on any atom is -0.392 e. The maximum absolute atomic E-state index is 11.3. The van der Waals surface area contributed by atoms with Crippen LogP contribution in [-0.2, 0) is 10.2 Å². The summed E-state index contributed by atoms with van der Waals surface area (Å²) in [5, 5.41) is 9.10. The van der Waals surface area contributed by atoms with Crippen LogP contribution < -0.4 is 4.72 Å². The van der Waals surface area contributed by atoms with Crippen molar-refractivity contribution in [2.45, 2.75) is 19.4 Å². The van der Waals surface area contributed by atoms with Gasteiger partial charge in [-0.05, 0) is 6.42 Å². The van der Waals surface area contributed by atoms with Gasteiger partial charge in [0, 0.05) is 19.6 Å². The summed E-state index contributed by atoms with van der Waals surface area (Å²) < 4.78 is 26.2. The quantitative estimate of drug-likeness (QED) is 0.599. The summed E-state index contributed by atoms with van der Waals surface area (Å²) in [5.41, 5.74) is 0. The monoisotopic (exact) mass is 194 g/mol. The van der Waals surface area contributed by atoms with E-state index in [0.717, 1.165) is 0 Å². The zero-order chi connectivity index (χ0) is 9.19. The first-order valence-electron chi connectivity index (χ1n) is 3.99. The van der Waals surface area contributed by atoms with E-state index in [1.54, 1.807) is 6.92 Å². The molecule has 1 atom stereocenters. The summed E-state index contributed by atoms with van der Waals surface area (Å²) in [6.45, 7) is 2.74. The van der Waals surface area contributed by atoms with Crippen molar-refractivity contribution in [3.05, 3.63) is 0 Å². The van der Waals surface area contributed by atoms with Gasteiger partial charge >= 0.3 is 0 Å². The molecule has 72 valence electrons. The van der Waals surface area contributed by atoms with Crippen molar-refractivity contribution in [3.8, 4) is 0 Å². The highest BCUT2D eigenvalue weighted by Gasteiger charge is 2.29. The highest BCUT2D eigenvalue weighted by Crippen LogP contribution is 2.11. The number of rotatable bonds is 3. The first kappa shape index (κ1) is 9.91. The molecular formula is C6H14N2O3S. The van der Waals surface area contributed by atoms with E-state index in [-0.39, 0.29) is 6.54 Å². The van der Waals surface area contributed by atoms with E-state index in [1.807, 2.05) is 0 Å². The first-order valence-corrected chi connectivity index (χ1v) is 5.43. The van der Waals surface area contributed by atoms with Gasteiger partial charge in [0.15, 0.2) is 0 Å². The summed E-state index contributed by atoms with van der Waals surface area (Å²) in [4.78, 5) is 0. The molecule has 1 aliphatic heterocycles. The molecule has 6 heteroatoms. The lowest BCUT2D eigenvalue weighted by molar-refractivity contribution is 0.189. The molecule has 1 heterocycles. The average Bonchev–Trinajstić information content (AvgIpc) is 2.36. The summed E-state index contributed by atoms with van der Waals surface area (Å²) in [5.74, 6) is 0. The van der Waals surface area contributed by atoms with Crippen LogP contribution >= 0.6 is 0 Å². The molecule has 1 fully saturated rings. The molecule has 1 aliphatic rings. The van der Waals surface area contributed by atoms with Crippen LogP contribution in [0, 0.1) is 0 Å². The van der Waals surface area contributed by atoms with E-state index in [0.29, 0.717) is 19.5 Å². The SMILES string of the molecule is CCNS(=O)(=O)N1CCC(O)C1. The Morgan fingerprint density at radius 2 is 2.33 bits per heavy atom. The third-order valence-electron chi connectivity index (χ3n) is 1.79. The fourth-order valence-electron chi connectivity index (χ4n) is 1.20. The molecule has 0 radical (unpaired) electrons. The van der Waals surface area contributed by atoms with Crippen LogP contribution in [0.1, 0.15) is 13.3 Å². The molecule has 0 amide bonds. The molecule has 0 bridgehead atoms. The molecule has 0 saturated carbocycles. The molecule has 1 unspecified atom stereocenters. The Labute approximate surface area is 72.6 Å². The lowest BCUT2D eigenvalue weighted by atomic mass is 10.3. The molecule has 2 N–H and O–H groups in total. The third kappa shape index (κ3) is 2.16. The van der Waals surface area contributed by atoms with E-state index in [9.17, 15) is 8.42 Å². The van der Waals surface area contributed by atoms with Crippen LogP contribution in [-0.4, -0.2) is 43.6 Å². The highest BCUT2D eigenvalue weighted by molar-refractivity contribution is 7.87. The van der Waals surface area contributed by atoms with Crippen molar-refractivity contribution in [2.75, 3.05) is 19.6 Å². The summed E-state index contributed by atoms with van der Waals surface area (Å²) in [6, 6.07) is 0. The molecule has 0 aromatic rings. The van der Waals surface area contributed by atoms with Gasteiger partial charge in [-0.25, -0.2) is 4.72 Å². The lowest BCUT2D eigenvalue weighted by Gasteiger charge is -2.14. The van der Waals surface area contributed by atoms with Gasteiger partial charge in [0.1, 0.15) is 0 Å². The number of nitrogens with one attached hydrogen (secondary N) is 1. The molecule has 1 saturated heterocycles. The summed E-state index contributed by atoms with van der Waals surface area (Å²) >= 11 is 0. The van der Waals surface area contributed by atoms with Crippen molar-refractivity contribution in [2.24, 2.45) is 0 Å². The van der Waals surface area contributed by atoms with E-state index >= 15 is 0 Å².